The number of nitrogens with one attached hydrogen (secondary N) is 1. The first-order valence-electron chi connectivity index (χ1n) is 7.40. The molecule has 1 saturated heterocycles. The first-order valence-corrected chi connectivity index (χ1v) is 7.40. The number of halogens is 2. The van der Waals surface area contributed by atoms with Crippen molar-refractivity contribution in [2.45, 2.75) is 39.2 Å². The van der Waals surface area contributed by atoms with Gasteiger partial charge >= 0.3 is 0 Å². The highest BCUT2D eigenvalue weighted by molar-refractivity contribution is 5.29. The van der Waals surface area contributed by atoms with E-state index in [-0.39, 0.29) is 12.0 Å². The standard InChI is InChI=1S/C16H23F2NO/c1-3-6-19-16(12-5-4-7-20-10-12)13-8-11(2)14(17)9-15(13)18/h8-9,12,16,19H,3-7,10H2,1-2H3. The highest BCUT2D eigenvalue weighted by Crippen LogP contribution is 2.31. The van der Waals surface area contributed by atoms with Gasteiger partial charge in [-0.2, -0.15) is 0 Å². The Balaban J connectivity index is 2.27. The second-order valence-corrected chi connectivity index (χ2v) is 5.53. The van der Waals surface area contributed by atoms with E-state index < -0.39 is 11.6 Å². The number of ether oxygens (including phenoxy) is 1. The molecule has 2 rings (SSSR count). The Labute approximate surface area is 119 Å². The minimum absolute atomic E-state index is 0.102. The van der Waals surface area contributed by atoms with E-state index in [1.54, 1.807) is 13.0 Å². The smallest absolute Gasteiger partial charge is 0.130 e. The van der Waals surface area contributed by atoms with Gasteiger partial charge in [0.15, 0.2) is 0 Å². The minimum atomic E-state index is -0.486. The van der Waals surface area contributed by atoms with Crippen molar-refractivity contribution in [3.05, 3.63) is 34.9 Å². The Bertz CT molecular complexity index is 444. The van der Waals surface area contributed by atoms with Crippen LogP contribution in [0.15, 0.2) is 12.1 Å². The summed E-state index contributed by atoms with van der Waals surface area (Å²) in [4.78, 5) is 0. The molecule has 20 heavy (non-hydrogen) atoms. The molecule has 1 aliphatic heterocycles. The first-order chi connectivity index (χ1) is 9.63. The zero-order valence-electron chi connectivity index (χ0n) is 12.2. The third kappa shape index (κ3) is 3.55. The molecule has 0 radical (unpaired) electrons. The van der Waals surface area contributed by atoms with Gasteiger partial charge in [0.1, 0.15) is 11.6 Å². The summed E-state index contributed by atoms with van der Waals surface area (Å²) in [7, 11) is 0. The summed E-state index contributed by atoms with van der Waals surface area (Å²) in [5.41, 5.74) is 1.05. The molecule has 1 N–H and O–H groups in total. The second-order valence-electron chi connectivity index (χ2n) is 5.53. The lowest BCUT2D eigenvalue weighted by molar-refractivity contribution is 0.0385. The summed E-state index contributed by atoms with van der Waals surface area (Å²) in [5.74, 6) is -0.706. The highest BCUT2D eigenvalue weighted by atomic mass is 19.1. The predicted octanol–water partition coefficient (Wildman–Crippen LogP) is 3.74. The molecule has 0 aliphatic carbocycles. The van der Waals surface area contributed by atoms with Crippen LogP contribution in [-0.4, -0.2) is 19.8 Å². The summed E-state index contributed by atoms with van der Waals surface area (Å²) < 4.78 is 33.1. The van der Waals surface area contributed by atoms with Crippen LogP contribution in [0.4, 0.5) is 8.78 Å². The molecule has 0 saturated carbocycles. The largest absolute Gasteiger partial charge is 0.381 e. The van der Waals surface area contributed by atoms with Crippen LogP contribution >= 0.6 is 0 Å². The Hall–Kier alpha value is -1.00. The fourth-order valence-electron chi connectivity index (χ4n) is 2.78. The van der Waals surface area contributed by atoms with Gasteiger partial charge in [0.2, 0.25) is 0 Å². The molecule has 1 heterocycles. The van der Waals surface area contributed by atoms with Crippen molar-refractivity contribution in [1.82, 2.24) is 5.32 Å². The highest BCUT2D eigenvalue weighted by Gasteiger charge is 2.27. The molecule has 2 unspecified atom stereocenters. The normalized spacial score (nSPS) is 20.9. The molecule has 0 bridgehead atoms. The van der Waals surface area contributed by atoms with Crippen LogP contribution in [0.25, 0.3) is 0 Å². The van der Waals surface area contributed by atoms with Gasteiger partial charge in [-0.1, -0.05) is 6.92 Å². The van der Waals surface area contributed by atoms with Crippen molar-refractivity contribution in [3.63, 3.8) is 0 Å². The number of aryl methyl sites for hydroxylation is 1. The maximum atomic E-state index is 14.1. The zero-order valence-corrected chi connectivity index (χ0v) is 12.2. The molecule has 0 amide bonds. The third-order valence-electron chi connectivity index (χ3n) is 3.89. The molecule has 0 aromatic heterocycles. The van der Waals surface area contributed by atoms with Crippen LogP contribution in [0.2, 0.25) is 0 Å². The molecular weight excluding hydrogens is 260 g/mol. The number of hydrogen-bond donors (Lipinski definition) is 1. The number of hydrogen-bond acceptors (Lipinski definition) is 2. The van der Waals surface area contributed by atoms with Gasteiger partial charge in [0, 0.05) is 30.2 Å². The predicted molar refractivity (Wildman–Crippen MR) is 75.7 cm³/mol. The van der Waals surface area contributed by atoms with Gasteiger partial charge in [-0.25, -0.2) is 8.78 Å². The maximum absolute atomic E-state index is 14.1. The van der Waals surface area contributed by atoms with Gasteiger partial charge in [-0.15, -0.1) is 0 Å². The average molecular weight is 283 g/mol. The lowest BCUT2D eigenvalue weighted by Crippen LogP contribution is -2.34. The van der Waals surface area contributed by atoms with Gasteiger partial charge in [-0.3, -0.25) is 0 Å². The number of rotatable bonds is 5. The van der Waals surface area contributed by atoms with Crippen molar-refractivity contribution in [2.24, 2.45) is 5.92 Å². The van der Waals surface area contributed by atoms with E-state index in [0.717, 1.165) is 38.5 Å². The average Bonchev–Trinajstić information content (AvgIpc) is 2.45. The Morgan fingerprint density at radius 1 is 1.35 bits per heavy atom. The Kier molecular flexibility index (Phi) is 5.49. The first kappa shape index (κ1) is 15.4. The van der Waals surface area contributed by atoms with Crippen LogP contribution in [0, 0.1) is 24.5 Å². The Morgan fingerprint density at radius 2 is 2.15 bits per heavy atom. The fourth-order valence-corrected chi connectivity index (χ4v) is 2.78. The van der Waals surface area contributed by atoms with E-state index >= 15 is 0 Å². The van der Waals surface area contributed by atoms with E-state index in [1.165, 1.54) is 0 Å². The lowest BCUT2D eigenvalue weighted by Gasteiger charge is -2.31. The lowest BCUT2D eigenvalue weighted by atomic mass is 9.87. The summed E-state index contributed by atoms with van der Waals surface area (Å²) in [6.45, 7) is 5.98. The Morgan fingerprint density at radius 3 is 2.80 bits per heavy atom. The van der Waals surface area contributed by atoms with Crippen molar-refractivity contribution in [1.29, 1.82) is 0 Å². The summed E-state index contributed by atoms with van der Waals surface area (Å²) >= 11 is 0. The van der Waals surface area contributed by atoms with E-state index in [1.807, 2.05) is 0 Å². The van der Waals surface area contributed by atoms with E-state index in [2.05, 4.69) is 12.2 Å². The van der Waals surface area contributed by atoms with Crippen LogP contribution in [0.1, 0.15) is 43.4 Å². The summed E-state index contributed by atoms with van der Waals surface area (Å²) in [6.07, 6.45) is 2.99. The second kappa shape index (κ2) is 7.14. The quantitative estimate of drug-likeness (QED) is 0.889. The van der Waals surface area contributed by atoms with Crippen molar-refractivity contribution >= 4 is 0 Å². The third-order valence-corrected chi connectivity index (χ3v) is 3.89. The monoisotopic (exact) mass is 283 g/mol. The van der Waals surface area contributed by atoms with Crippen LogP contribution in [0.5, 0.6) is 0 Å². The van der Waals surface area contributed by atoms with E-state index in [4.69, 9.17) is 4.74 Å². The summed E-state index contributed by atoms with van der Waals surface area (Å²) in [6, 6.07) is 2.52. The van der Waals surface area contributed by atoms with Crippen molar-refractivity contribution < 1.29 is 13.5 Å². The van der Waals surface area contributed by atoms with E-state index in [0.29, 0.717) is 17.7 Å². The molecule has 2 atom stereocenters. The van der Waals surface area contributed by atoms with Crippen molar-refractivity contribution in [2.75, 3.05) is 19.8 Å². The fraction of sp³-hybridized carbons (Fsp3) is 0.625. The van der Waals surface area contributed by atoms with Crippen LogP contribution < -0.4 is 5.32 Å². The van der Waals surface area contributed by atoms with Gasteiger partial charge in [-0.05, 0) is 44.4 Å². The topological polar surface area (TPSA) is 21.3 Å². The summed E-state index contributed by atoms with van der Waals surface area (Å²) in [5, 5.41) is 3.40. The maximum Gasteiger partial charge on any atom is 0.130 e. The molecule has 2 nitrogen and oxygen atoms in total. The minimum Gasteiger partial charge on any atom is -0.381 e. The molecule has 1 aliphatic rings. The van der Waals surface area contributed by atoms with E-state index in [9.17, 15) is 8.78 Å². The molecule has 1 fully saturated rings. The molecule has 4 heteroatoms. The van der Waals surface area contributed by atoms with Gasteiger partial charge in [0.05, 0.1) is 6.61 Å². The number of benzene rings is 1. The SMILES string of the molecule is CCCNC(c1cc(C)c(F)cc1F)C1CCCOC1. The van der Waals surface area contributed by atoms with Crippen LogP contribution in [0.3, 0.4) is 0 Å². The van der Waals surface area contributed by atoms with Crippen LogP contribution in [-0.2, 0) is 4.74 Å². The van der Waals surface area contributed by atoms with Crippen molar-refractivity contribution in [3.8, 4) is 0 Å². The molecular formula is C16H23F2NO. The molecule has 0 spiro atoms. The van der Waals surface area contributed by atoms with Gasteiger partial charge < -0.3 is 10.1 Å². The zero-order chi connectivity index (χ0) is 14.5. The van der Waals surface area contributed by atoms with Gasteiger partial charge in [0.25, 0.3) is 0 Å². The molecule has 1 aromatic carbocycles. The molecule has 1 aromatic rings. The molecule has 112 valence electrons.